The summed E-state index contributed by atoms with van der Waals surface area (Å²) in [6, 6.07) is 4.59. The van der Waals surface area contributed by atoms with Crippen LogP contribution in [0.2, 0.25) is 0 Å². The summed E-state index contributed by atoms with van der Waals surface area (Å²) in [6.45, 7) is 1.28. The number of rotatable bonds is 5. The number of nitrogens with one attached hydrogen (secondary N) is 1. The molecule has 1 aliphatic heterocycles. The van der Waals surface area contributed by atoms with Gasteiger partial charge in [0.1, 0.15) is 5.82 Å². The van der Waals surface area contributed by atoms with E-state index in [0.29, 0.717) is 24.2 Å². The summed E-state index contributed by atoms with van der Waals surface area (Å²) in [4.78, 5) is 0. The van der Waals surface area contributed by atoms with E-state index in [2.05, 4.69) is 4.72 Å². The quantitative estimate of drug-likeness (QED) is 0.837. The molecule has 106 valence electrons. The number of nitrogens with zero attached hydrogens (tertiary/aromatic N) is 1. The van der Waals surface area contributed by atoms with Crippen LogP contribution in [0, 0.1) is 5.82 Å². The van der Waals surface area contributed by atoms with Crippen LogP contribution < -0.4 is 10.5 Å². The van der Waals surface area contributed by atoms with Gasteiger partial charge in [0, 0.05) is 31.7 Å². The zero-order chi connectivity index (χ0) is 13.9. The molecule has 1 aromatic carbocycles. The van der Waals surface area contributed by atoms with Crippen molar-refractivity contribution in [3.63, 3.8) is 0 Å². The maximum absolute atomic E-state index is 13.7. The molecule has 0 radical (unpaired) electrons. The van der Waals surface area contributed by atoms with Crippen LogP contribution in [-0.4, -0.2) is 25.8 Å². The van der Waals surface area contributed by atoms with Crippen molar-refractivity contribution in [2.75, 3.05) is 13.1 Å². The third-order valence-electron chi connectivity index (χ3n) is 3.20. The number of halogens is 1. The summed E-state index contributed by atoms with van der Waals surface area (Å²) in [6.07, 6.45) is 1.75. The van der Waals surface area contributed by atoms with Crippen LogP contribution in [-0.2, 0) is 23.3 Å². The lowest BCUT2D eigenvalue weighted by molar-refractivity contribution is 0.463. The number of hydrogen-bond acceptors (Lipinski definition) is 3. The Labute approximate surface area is 112 Å². The Morgan fingerprint density at radius 2 is 2.00 bits per heavy atom. The third-order valence-corrected chi connectivity index (χ3v) is 4.76. The Bertz CT molecular complexity index is 542. The molecule has 1 fully saturated rings. The second-order valence-electron chi connectivity index (χ2n) is 4.56. The molecule has 1 saturated heterocycles. The second-order valence-corrected chi connectivity index (χ2v) is 6.32. The Balaban J connectivity index is 2.02. The van der Waals surface area contributed by atoms with Crippen LogP contribution >= 0.6 is 0 Å². The van der Waals surface area contributed by atoms with Gasteiger partial charge in [0.25, 0.3) is 10.2 Å². The molecule has 5 nitrogen and oxygen atoms in total. The van der Waals surface area contributed by atoms with Crippen molar-refractivity contribution in [1.29, 1.82) is 0 Å². The van der Waals surface area contributed by atoms with E-state index in [-0.39, 0.29) is 13.1 Å². The predicted octanol–water partition coefficient (Wildman–Crippen LogP) is 0.715. The lowest BCUT2D eigenvalue weighted by atomic mass is 10.1. The lowest BCUT2D eigenvalue weighted by Crippen LogP contribution is -2.38. The van der Waals surface area contributed by atoms with E-state index >= 15 is 0 Å². The maximum Gasteiger partial charge on any atom is 0.279 e. The molecule has 1 heterocycles. The minimum Gasteiger partial charge on any atom is -0.326 e. The van der Waals surface area contributed by atoms with Crippen LogP contribution in [0.3, 0.4) is 0 Å². The molecule has 0 spiro atoms. The molecule has 3 N–H and O–H groups in total. The van der Waals surface area contributed by atoms with Crippen LogP contribution in [0.1, 0.15) is 24.0 Å². The van der Waals surface area contributed by atoms with Gasteiger partial charge < -0.3 is 5.73 Å². The molecule has 7 heteroatoms. The van der Waals surface area contributed by atoms with Gasteiger partial charge in [-0.25, -0.2) is 4.39 Å². The van der Waals surface area contributed by atoms with E-state index in [1.54, 1.807) is 12.1 Å². The van der Waals surface area contributed by atoms with Crippen molar-refractivity contribution < 1.29 is 12.8 Å². The third kappa shape index (κ3) is 3.50. The van der Waals surface area contributed by atoms with Crippen LogP contribution in [0.4, 0.5) is 4.39 Å². The first kappa shape index (κ1) is 14.4. The normalized spacial score (nSPS) is 16.9. The molecular weight excluding hydrogens is 269 g/mol. The number of nitrogens with two attached hydrogens (primary N) is 1. The molecule has 0 atom stereocenters. The molecule has 0 saturated carbocycles. The van der Waals surface area contributed by atoms with E-state index < -0.39 is 16.0 Å². The van der Waals surface area contributed by atoms with E-state index in [9.17, 15) is 12.8 Å². The zero-order valence-electron chi connectivity index (χ0n) is 10.6. The second kappa shape index (κ2) is 5.96. The van der Waals surface area contributed by atoms with Crippen molar-refractivity contribution >= 4 is 10.2 Å². The van der Waals surface area contributed by atoms with Gasteiger partial charge in [0.15, 0.2) is 0 Å². The SMILES string of the molecule is NCc1ccc(CNS(=O)(=O)N2CCCC2)c(F)c1. The average molecular weight is 287 g/mol. The Morgan fingerprint density at radius 3 is 2.58 bits per heavy atom. The van der Waals surface area contributed by atoms with Gasteiger partial charge in [0.05, 0.1) is 0 Å². The Kier molecular flexibility index (Phi) is 4.51. The van der Waals surface area contributed by atoms with Crippen LogP contribution in [0.25, 0.3) is 0 Å². The first-order chi connectivity index (χ1) is 9.03. The molecular formula is C12H18FN3O2S. The molecule has 1 aliphatic rings. The van der Waals surface area contributed by atoms with Crippen LogP contribution in [0.15, 0.2) is 18.2 Å². The lowest BCUT2D eigenvalue weighted by Gasteiger charge is -2.16. The molecule has 2 rings (SSSR count). The number of benzene rings is 1. The van der Waals surface area contributed by atoms with Crippen molar-refractivity contribution in [1.82, 2.24) is 9.03 Å². The molecule has 0 amide bonds. The summed E-state index contributed by atoms with van der Waals surface area (Å²) in [7, 11) is -3.50. The summed E-state index contributed by atoms with van der Waals surface area (Å²) >= 11 is 0. The van der Waals surface area contributed by atoms with E-state index in [0.717, 1.165) is 12.8 Å². The smallest absolute Gasteiger partial charge is 0.279 e. The molecule has 1 aromatic rings. The topological polar surface area (TPSA) is 75.4 Å². The highest BCUT2D eigenvalue weighted by atomic mass is 32.2. The summed E-state index contributed by atoms with van der Waals surface area (Å²) in [5.74, 6) is -0.438. The standard InChI is InChI=1S/C12H18FN3O2S/c13-12-7-10(8-14)3-4-11(12)9-15-19(17,18)16-5-1-2-6-16/h3-4,7,15H,1-2,5-6,8-9,14H2. The minimum atomic E-state index is -3.50. The average Bonchev–Trinajstić information content (AvgIpc) is 2.92. The van der Waals surface area contributed by atoms with Gasteiger partial charge in [-0.1, -0.05) is 12.1 Å². The van der Waals surface area contributed by atoms with E-state index in [4.69, 9.17) is 5.73 Å². The highest BCUT2D eigenvalue weighted by Crippen LogP contribution is 2.14. The molecule has 19 heavy (non-hydrogen) atoms. The van der Waals surface area contributed by atoms with Gasteiger partial charge in [-0.05, 0) is 24.5 Å². The van der Waals surface area contributed by atoms with Gasteiger partial charge in [-0.15, -0.1) is 0 Å². The van der Waals surface area contributed by atoms with Crippen LogP contribution in [0.5, 0.6) is 0 Å². The zero-order valence-corrected chi connectivity index (χ0v) is 11.4. The first-order valence-corrected chi connectivity index (χ1v) is 7.69. The Hall–Kier alpha value is -1.02. The highest BCUT2D eigenvalue weighted by Gasteiger charge is 2.24. The van der Waals surface area contributed by atoms with Gasteiger partial charge >= 0.3 is 0 Å². The molecule has 0 aliphatic carbocycles. The van der Waals surface area contributed by atoms with Crippen molar-refractivity contribution in [3.05, 3.63) is 35.1 Å². The maximum atomic E-state index is 13.7. The fraction of sp³-hybridized carbons (Fsp3) is 0.500. The van der Waals surface area contributed by atoms with Crippen molar-refractivity contribution in [2.24, 2.45) is 5.73 Å². The molecule has 0 bridgehead atoms. The fourth-order valence-electron chi connectivity index (χ4n) is 2.05. The highest BCUT2D eigenvalue weighted by molar-refractivity contribution is 7.87. The largest absolute Gasteiger partial charge is 0.326 e. The van der Waals surface area contributed by atoms with Gasteiger partial charge in [-0.2, -0.15) is 17.4 Å². The summed E-state index contributed by atoms with van der Waals surface area (Å²) in [5.41, 5.74) is 6.41. The molecule has 0 aromatic heterocycles. The number of hydrogen-bond donors (Lipinski definition) is 2. The summed E-state index contributed by atoms with van der Waals surface area (Å²) < 4.78 is 41.3. The first-order valence-electron chi connectivity index (χ1n) is 6.25. The van der Waals surface area contributed by atoms with Crippen molar-refractivity contribution in [3.8, 4) is 0 Å². The molecule has 0 unspecified atom stereocenters. The van der Waals surface area contributed by atoms with Gasteiger partial charge in [-0.3, -0.25) is 0 Å². The van der Waals surface area contributed by atoms with E-state index in [1.165, 1.54) is 10.4 Å². The monoisotopic (exact) mass is 287 g/mol. The summed E-state index contributed by atoms with van der Waals surface area (Å²) in [5, 5.41) is 0. The minimum absolute atomic E-state index is 0.0461. The fourth-order valence-corrected chi connectivity index (χ4v) is 3.31. The van der Waals surface area contributed by atoms with Crippen molar-refractivity contribution in [2.45, 2.75) is 25.9 Å². The van der Waals surface area contributed by atoms with E-state index in [1.807, 2.05) is 0 Å². The predicted molar refractivity (Wildman–Crippen MR) is 70.9 cm³/mol. The Morgan fingerprint density at radius 1 is 1.32 bits per heavy atom. The van der Waals surface area contributed by atoms with Gasteiger partial charge in [0.2, 0.25) is 0 Å².